The van der Waals surface area contributed by atoms with E-state index >= 15 is 0 Å². The van der Waals surface area contributed by atoms with Crippen molar-refractivity contribution in [3.05, 3.63) is 38.9 Å². The lowest BCUT2D eigenvalue weighted by molar-refractivity contribution is 0.372. The van der Waals surface area contributed by atoms with Gasteiger partial charge in [-0.3, -0.25) is 0 Å². The maximum Gasteiger partial charge on any atom is 0.246 e. The standard InChI is InChI=1S/C16H15BrCl2N2O4S/c1-24-16-14(26(22,23)21-10-3-2-4-10)7-11(8-20-16)25-15-12(18)5-9(17)6-13(15)19/h5-8,10,21H,2-4H2,1H3. The first-order valence-electron chi connectivity index (χ1n) is 7.69. The number of methoxy groups -OCH3 is 1. The summed E-state index contributed by atoms with van der Waals surface area (Å²) < 4.78 is 39.4. The number of pyridine rings is 1. The third-order valence-electron chi connectivity index (χ3n) is 3.89. The van der Waals surface area contributed by atoms with Gasteiger partial charge in [0.1, 0.15) is 10.6 Å². The second kappa shape index (κ2) is 7.90. The molecule has 3 rings (SSSR count). The normalized spacial score (nSPS) is 14.8. The zero-order chi connectivity index (χ0) is 18.9. The van der Waals surface area contributed by atoms with E-state index in [0.717, 1.165) is 19.3 Å². The van der Waals surface area contributed by atoms with Crippen LogP contribution in [-0.4, -0.2) is 26.6 Å². The van der Waals surface area contributed by atoms with Gasteiger partial charge in [0, 0.05) is 16.6 Å². The average molecular weight is 482 g/mol. The van der Waals surface area contributed by atoms with Crippen molar-refractivity contribution in [1.82, 2.24) is 9.71 Å². The van der Waals surface area contributed by atoms with Crippen LogP contribution in [0.25, 0.3) is 0 Å². The molecule has 0 aliphatic heterocycles. The predicted octanol–water partition coefficient (Wildman–Crippen LogP) is 4.78. The van der Waals surface area contributed by atoms with Gasteiger partial charge in [0.05, 0.1) is 23.4 Å². The van der Waals surface area contributed by atoms with E-state index in [2.05, 4.69) is 25.6 Å². The molecule has 10 heteroatoms. The molecule has 1 heterocycles. The Hall–Kier alpha value is -1.06. The first-order valence-corrected chi connectivity index (χ1v) is 10.7. The molecule has 0 saturated heterocycles. The molecule has 1 aliphatic rings. The fourth-order valence-electron chi connectivity index (χ4n) is 2.37. The molecule has 0 radical (unpaired) electrons. The molecule has 1 fully saturated rings. The summed E-state index contributed by atoms with van der Waals surface area (Å²) in [7, 11) is -2.44. The Morgan fingerprint density at radius 1 is 1.23 bits per heavy atom. The number of nitrogens with one attached hydrogen (secondary N) is 1. The fourth-order valence-corrected chi connectivity index (χ4v) is 5.09. The van der Waals surface area contributed by atoms with Crippen LogP contribution in [0.5, 0.6) is 17.4 Å². The van der Waals surface area contributed by atoms with Crippen molar-refractivity contribution in [2.75, 3.05) is 7.11 Å². The third kappa shape index (κ3) is 4.26. The lowest BCUT2D eigenvalue weighted by Gasteiger charge is -2.26. The highest BCUT2D eigenvalue weighted by Crippen LogP contribution is 2.39. The summed E-state index contributed by atoms with van der Waals surface area (Å²) in [5.41, 5.74) is 0. The molecule has 0 atom stereocenters. The topological polar surface area (TPSA) is 77.5 Å². The maximum absolute atomic E-state index is 12.7. The lowest BCUT2D eigenvalue weighted by atomic mass is 9.94. The first kappa shape index (κ1) is 19.7. The van der Waals surface area contributed by atoms with E-state index in [1.807, 2.05) is 0 Å². The minimum Gasteiger partial charge on any atom is -0.480 e. The van der Waals surface area contributed by atoms with E-state index in [1.54, 1.807) is 12.1 Å². The van der Waals surface area contributed by atoms with Crippen LogP contribution in [0, 0.1) is 0 Å². The number of benzene rings is 1. The van der Waals surface area contributed by atoms with Gasteiger partial charge >= 0.3 is 0 Å². The van der Waals surface area contributed by atoms with Crippen molar-refractivity contribution in [3.8, 4) is 17.4 Å². The molecule has 0 spiro atoms. The molecule has 1 aliphatic carbocycles. The number of ether oxygens (including phenoxy) is 2. The van der Waals surface area contributed by atoms with E-state index in [1.165, 1.54) is 19.4 Å². The molecule has 6 nitrogen and oxygen atoms in total. The van der Waals surface area contributed by atoms with E-state index in [0.29, 0.717) is 4.47 Å². The van der Waals surface area contributed by atoms with Crippen LogP contribution in [-0.2, 0) is 10.0 Å². The predicted molar refractivity (Wildman–Crippen MR) is 103 cm³/mol. The number of hydrogen-bond acceptors (Lipinski definition) is 5. The summed E-state index contributed by atoms with van der Waals surface area (Å²) in [6.45, 7) is 0. The largest absolute Gasteiger partial charge is 0.480 e. The third-order valence-corrected chi connectivity index (χ3v) is 6.42. The highest BCUT2D eigenvalue weighted by atomic mass is 79.9. The van der Waals surface area contributed by atoms with Crippen LogP contribution in [0.4, 0.5) is 0 Å². The SMILES string of the molecule is COc1ncc(Oc2c(Cl)cc(Br)cc2Cl)cc1S(=O)(=O)NC1CCC1. The Labute approximate surface area is 170 Å². The quantitative estimate of drug-likeness (QED) is 0.642. The van der Waals surface area contributed by atoms with Crippen molar-refractivity contribution in [2.24, 2.45) is 0 Å². The smallest absolute Gasteiger partial charge is 0.246 e. The minimum atomic E-state index is -3.80. The molecule has 0 bridgehead atoms. The fraction of sp³-hybridized carbons (Fsp3) is 0.312. The van der Waals surface area contributed by atoms with Gasteiger partial charge in [0.25, 0.3) is 0 Å². The number of hydrogen-bond donors (Lipinski definition) is 1. The molecular weight excluding hydrogens is 467 g/mol. The summed E-state index contributed by atoms with van der Waals surface area (Å²) in [5, 5.41) is 0.550. The lowest BCUT2D eigenvalue weighted by Crippen LogP contribution is -2.39. The van der Waals surface area contributed by atoms with Crippen LogP contribution in [0.3, 0.4) is 0 Å². The van der Waals surface area contributed by atoms with Crippen molar-refractivity contribution < 1.29 is 17.9 Å². The zero-order valence-corrected chi connectivity index (χ0v) is 17.5. The molecular formula is C16H15BrCl2N2O4S. The van der Waals surface area contributed by atoms with Crippen molar-refractivity contribution in [3.63, 3.8) is 0 Å². The first-order chi connectivity index (χ1) is 12.3. The number of aromatic nitrogens is 1. The van der Waals surface area contributed by atoms with Crippen molar-refractivity contribution >= 4 is 49.2 Å². The van der Waals surface area contributed by atoms with Gasteiger partial charge in [-0.15, -0.1) is 0 Å². The summed E-state index contributed by atoms with van der Waals surface area (Å²) in [6.07, 6.45) is 3.98. The average Bonchev–Trinajstić information content (AvgIpc) is 2.54. The summed E-state index contributed by atoms with van der Waals surface area (Å²) in [4.78, 5) is 3.92. The number of sulfonamides is 1. The maximum atomic E-state index is 12.7. The second-order valence-corrected chi connectivity index (χ2v) is 9.14. The van der Waals surface area contributed by atoms with Crippen LogP contribution in [0.15, 0.2) is 33.8 Å². The van der Waals surface area contributed by atoms with E-state index in [9.17, 15) is 8.42 Å². The van der Waals surface area contributed by atoms with Crippen LogP contribution >= 0.6 is 39.1 Å². The Kier molecular flexibility index (Phi) is 5.98. The Morgan fingerprint density at radius 2 is 1.88 bits per heavy atom. The Morgan fingerprint density at radius 3 is 2.42 bits per heavy atom. The highest BCUT2D eigenvalue weighted by Gasteiger charge is 2.28. The summed E-state index contributed by atoms with van der Waals surface area (Å²) >= 11 is 15.6. The Bertz CT molecular complexity index is 913. The van der Waals surface area contributed by atoms with Crippen molar-refractivity contribution in [1.29, 1.82) is 0 Å². The molecule has 140 valence electrons. The van der Waals surface area contributed by atoms with Crippen molar-refractivity contribution in [2.45, 2.75) is 30.2 Å². The molecule has 2 aromatic rings. The number of nitrogens with zero attached hydrogens (tertiary/aromatic N) is 1. The van der Waals surface area contributed by atoms with Gasteiger partial charge in [-0.1, -0.05) is 45.6 Å². The van der Waals surface area contributed by atoms with E-state index < -0.39 is 10.0 Å². The molecule has 1 aromatic heterocycles. The summed E-state index contributed by atoms with van der Waals surface area (Å²) in [6, 6.07) is 4.51. The monoisotopic (exact) mass is 480 g/mol. The van der Waals surface area contributed by atoms with Gasteiger partial charge in [-0.2, -0.15) is 0 Å². The number of halogens is 3. The minimum absolute atomic E-state index is 0.0165. The molecule has 26 heavy (non-hydrogen) atoms. The van der Waals surface area contributed by atoms with Gasteiger partial charge < -0.3 is 9.47 Å². The second-order valence-electron chi connectivity index (χ2n) is 5.73. The molecule has 0 unspecified atom stereocenters. The van der Waals surface area contributed by atoms with Gasteiger partial charge in [0.15, 0.2) is 5.75 Å². The van der Waals surface area contributed by atoms with Gasteiger partial charge in [-0.25, -0.2) is 18.1 Å². The van der Waals surface area contributed by atoms with E-state index in [-0.39, 0.29) is 38.4 Å². The summed E-state index contributed by atoms with van der Waals surface area (Å²) in [5.74, 6) is 0.363. The van der Waals surface area contributed by atoms with Gasteiger partial charge in [-0.05, 0) is 25.0 Å². The van der Waals surface area contributed by atoms with Gasteiger partial charge in [0.2, 0.25) is 15.9 Å². The zero-order valence-electron chi connectivity index (χ0n) is 13.6. The van der Waals surface area contributed by atoms with Crippen LogP contribution in [0.2, 0.25) is 10.0 Å². The molecule has 1 saturated carbocycles. The van der Waals surface area contributed by atoms with Crippen LogP contribution < -0.4 is 14.2 Å². The molecule has 1 N–H and O–H groups in total. The molecule has 1 aromatic carbocycles. The van der Waals surface area contributed by atoms with Crippen LogP contribution in [0.1, 0.15) is 19.3 Å². The Balaban J connectivity index is 1.95. The number of rotatable bonds is 6. The molecule has 0 amide bonds. The van der Waals surface area contributed by atoms with E-state index in [4.69, 9.17) is 32.7 Å². The highest BCUT2D eigenvalue weighted by molar-refractivity contribution is 9.10.